The molecule has 3 aromatic rings. The van der Waals surface area contributed by atoms with E-state index in [9.17, 15) is 4.79 Å². The maximum absolute atomic E-state index is 12.6. The van der Waals surface area contributed by atoms with Crippen molar-refractivity contribution in [2.24, 2.45) is 7.05 Å². The van der Waals surface area contributed by atoms with E-state index in [0.29, 0.717) is 17.5 Å². The van der Waals surface area contributed by atoms with Gasteiger partial charge in [0, 0.05) is 13.6 Å². The van der Waals surface area contributed by atoms with E-state index in [1.54, 1.807) is 7.11 Å². The van der Waals surface area contributed by atoms with Crippen LogP contribution in [0.3, 0.4) is 0 Å². The Morgan fingerprint density at radius 1 is 1.10 bits per heavy atom. The summed E-state index contributed by atoms with van der Waals surface area (Å²) in [6.45, 7) is 4.58. The maximum atomic E-state index is 12.6. The normalized spacial score (nSPS) is 13.0. The number of ether oxygens (including phenoxy) is 1. The molecule has 1 N–H and O–H groups in total. The van der Waals surface area contributed by atoms with E-state index in [-0.39, 0.29) is 17.1 Å². The fourth-order valence-corrected chi connectivity index (χ4v) is 3.83. The number of methoxy groups -OCH3 is 1. The van der Waals surface area contributed by atoms with Crippen LogP contribution in [0.25, 0.3) is 11.4 Å². The Morgan fingerprint density at radius 3 is 2.52 bits per heavy atom. The number of rotatable bonds is 8. The van der Waals surface area contributed by atoms with Crippen molar-refractivity contribution in [3.8, 4) is 17.1 Å². The lowest BCUT2D eigenvalue weighted by Crippen LogP contribution is -2.33. The van der Waals surface area contributed by atoms with Crippen molar-refractivity contribution < 1.29 is 9.53 Å². The molecule has 1 heterocycles. The van der Waals surface area contributed by atoms with Crippen LogP contribution in [0.1, 0.15) is 25.3 Å². The van der Waals surface area contributed by atoms with Gasteiger partial charge >= 0.3 is 0 Å². The number of nitrogens with zero attached hydrogens (tertiary/aromatic N) is 3. The van der Waals surface area contributed by atoms with Gasteiger partial charge in [-0.1, -0.05) is 61.2 Å². The molecular formula is C22H26N4O2S. The van der Waals surface area contributed by atoms with Gasteiger partial charge in [0.05, 0.1) is 17.9 Å². The molecule has 0 bridgehead atoms. The second kappa shape index (κ2) is 9.60. The molecule has 7 heteroatoms. The minimum Gasteiger partial charge on any atom is -0.496 e. The van der Waals surface area contributed by atoms with E-state index in [0.717, 1.165) is 11.3 Å². The summed E-state index contributed by atoms with van der Waals surface area (Å²) in [5.41, 5.74) is 2.08. The first-order valence-electron chi connectivity index (χ1n) is 9.53. The van der Waals surface area contributed by atoms with Crippen LogP contribution in [0.4, 0.5) is 0 Å². The van der Waals surface area contributed by atoms with Gasteiger partial charge < -0.3 is 14.6 Å². The molecule has 0 spiro atoms. The van der Waals surface area contributed by atoms with E-state index in [4.69, 9.17) is 4.74 Å². The highest BCUT2D eigenvalue weighted by atomic mass is 32.2. The Balaban J connectivity index is 1.63. The predicted octanol–water partition coefficient (Wildman–Crippen LogP) is 3.89. The third-order valence-corrected chi connectivity index (χ3v) is 5.92. The van der Waals surface area contributed by atoms with Crippen molar-refractivity contribution in [3.63, 3.8) is 0 Å². The summed E-state index contributed by atoms with van der Waals surface area (Å²) < 4.78 is 7.31. The van der Waals surface area contributed by atoms with Gasteiger partial charge in [-0.2, -0.15) is 0 Å². The molecule has 1 aromatic heterocycles. The third-order valence-electron chi connectivity index (χ3n) is 4.79. The third kappa shape index (κ3) is 4.98. The molecule has 0 aliphatic heterocycles. The topological polar surface area (TPSA) is 69.0 Å². The van der Waals surface area contributed by atoms with Gasteiger partial charge in [-0.15, -0.1) is 10.2 Å². The molecule has 152 valence electrons. The van der Waals surface area contributed by atoms with Crippen LogP contribution in [-0.2, 0) is 11.8 Å². The van der Waals surface area contributed by atoms with Crippen LogP contribution in [0.2, 0.25) is 0 Å². The molecule has 0 fully saturated rings. The van der Waals surface area contributed by atoms with E-state index in [1.165, 1.54) is 17.3 Å². The zero-order valence-electron chi connectivity index (χ0n) is 17.1. The molecule has 29 heavy (non-hydrogen) atoms. The average Bonchev–Trinajstić information content (AvgIpc) is 3.12. The highest BCUT2D eigenvalue weighted by Crippen LogP contribution is 2.31. The molecule has 2 atom stereocenters. The summed E-state index contributed by atoms with van der Waals surface area (Å²) in [6.07, 6.45) is 0. The summed E-state index contributed by atoms with van der Waals surface area (Å²) >= 11 is 1.39. The fourth-order valence-electron chi connectivity index (χ4n) is 2.99. The van der Waals surface area contributed by atoms with Gasteiger partial charge in [0.2, 0.25) is 5.91 Å². The number of carbonyl (C=O) groups is 1. The molecule has 0 aliphatic carbocycles. The highest BCUT2D eigenvalue weighted by Gasteiger charge is 2.21. The quantitative estimate of drug-likeness (QED) is 0.571. The number of aromatic nitrogens is 3. The minimum atomic E-state index is -0.286. The molecule has 2 aromatic carbocycles. The van der Waals surface area contributed by atoms with Crippen molar-refractivity contribution in [2.45, 2.75) is 30.2 Å². The van der Waals surface area contributed by atoms with Crippen molar-refractivity contribution in [3.05, 3.63) is 60.2 Å². The SMILES string of the molecule is COc1ccccc1-c1nnc(SC(C)C(=O)NCC(C)c2ccccc2)n1C. The van der Waals surface area contributed by atoms with Crippen LogP contribution in [-0.4, -0.2) is 39.6 Å². The predicted molar refractivity (Wildman–Crippen MR) is 116 cm³/mol. The molecule has 3 rings (SSSR count). The number of nitrogens with one attached hydrogen (secondary N) is 1. The Kier molecular flexibility index (Phi) is 6.93. The summed E-state index contributed by atoms with van der Waals surface area (Å²) in [7, 11) is 3.53. The van der Waals surface area contributed by atoms with Crippen molar-refractivity contribution in [2.75, 3.05) is 13.7 Å². The Morgan fingerprint density at radius 2 is 1.79 bits per heavy atom. The van der Waals surface area contributed by atoms with E-state index < -0.39 is 0 Å². The molecular weight excluding hydrogens is 384 g/mol. The minimum absolute atomic E-state index is 0.0142. The number of benzene rings is 2. The molecule has 1 amide bonds. The van der Waals surface area contributed by atoms with E-state index in [2.05, 4.69) is 34.6 Å². The van der Waals surface area contributed by atoms with Crippen molar-refractivity contribution in [1.29, 1.82) is 0 Å². The highest BCUT2D eigenvalue weighted by molar-refractivity contribution is 8.00. The number of para-hydroxylation sites is 1. The lowest BCUT2D eigenvalue weighted by atomic mass is 10.0. The Labute approximate surface area is 175 Å². The van der Waals surface area contributed by atoms with Crippen LogP contribution < -0.4 is 10.1 Å². The summed E-state index contributed by atoms with van der Waals surface area (Å²) in [5, 5.41) is 12.0. The summed E-state index contributed by atoms with van der Waals surface area (Å²) in [6, 6.07) is 17.9. The maximum Gasteiger partial charge on any atom is 0.233 e. The molecule has 0 saturated carbocycles. The van der Waals surface area contributed by atoms with Gasteiger partial charge in [-0.25, -0.2) is 0 Å². The first-order valence-corrected chi connectivity index (χ1v) is 10.4. The summed E-state index contributed by atoms with van der Waals surface area (Å²) in [4.78, 5) is 12.6. The van der Waals surface area contributed by atoms with Gasteiger partial charge in [0.1, 0.15) is 5.75 Å². The number of carbonyl (C=O) groups excluding carboxylic acids is 1. The van der Waals surface area contributed by atoms with Gasteiger partial charge in [-0.05, 0) is 30.5 Å². The van der Waals surface area contributed by atoms with Crippen molar-refractivity contribution >= 4 is 17.7 Å². The zero-order chi connectivity index (χ0) is 20.8. The van der Waals surface area contributed by atoms with Crippen LogP contribution in [0, 0.1) is 0 Å². The van der Waals surface area contributed by atoms with Gasteiger partial charge in [0.15, 0.2) is 11.0 Å². The standard InChI is InChI=1S/C22H26N4O2S/c1-15(17-10-6-5-7-11-17)14-23-21(27)16(2)29-22-25-24-20(26(22)3)18-12-8-9-13-19(18)28-4/h5-13,15-16H,14H2,1-4H3,(H,23,27). The molecule has 2 unspecified atom stereocenters. The molecule has 0 radical (unpaired) electrons. The van der Waals surface area contributed by atoms with Crippen LogP contribution in [0.5, 0.6) is 5.75 Å². The van der Waals surface area contributed by atoms with E-state index >= 15 is 0 Å². The Bertz CT molecular complexity index is 958. The molecule has 0 saturated heterocycles. The second-order valence-electron chi connectivity index (χ2n) is 6.88. The first-order chi connectivity index (χ1) is 14.0. The number of hydrogen-bond acceptors (Lipinski definition) is 5. The molecule has 0 aliphatic rings. The zero-order valence-corrected chi connectivity index (χ0v) is 17.9. The smallest absolute Gasteiger partial charge is 0.233 e. The number of hydrogen-bond donors (Lipinski definition) is 1. The van der Waals surface area contributed by atoms with Crippen LogP contribution in [0.15, 0.2) is 59.8 Å². The lowest BCUT2D eigenvalue weighted by Gasteiger charge is -2.16. The number of amides is 1. The lowest BCUT2D eigenvalue weighted by molar-refractivity contribution is -0.120. The average molecular weight is 411 g/mol. The van der Waals surface area contributed by atoms with Crippen LogP contribution >= 0.6 is 11.8 Å². The number of thioether (sulfide) groups is 1. The van der Waals surface area contributed by atoms with Gasteiger partial charge in [0.25, 0.3) is 0 Å². The van der Waals surface area contributed by atoms with Gasteiger partial charge in [-0.3, -0.25) is 4.79 Å². The fraction of sp³-hybridized carbons (Fsp3) is 0.318. The summed E-state index contributed by atoms with van der Waals surface area (Å²) in [5.74, 6) is 1.68. The largest absolute Gasteiger partial charge is 0.496 e. The monoisotopic (exact) mass is 410 g/mol. The molecule has 6 nitrogen and oxygen atoms in total. The Hall–Kier alpha value is -2.80. The van der Waals surface area contributed by atoms with E-state index in [1.807, 2.05) is 61.0 Å². The first kappa shape index (κ1) is 20.9. The van der Waals surface area contributed by atoms with Crippen molar-refractivity contribution in [1.82, 2.24) is 20.1 Å². The second-order valence-corrected chi connectivity index (χ2v) is 8.19.